The van der Waals surface area contributed by atoms with E-state index in [1.165, 1.54) is 6.20 Å². The minimum absolute atomic E-state index is 0.0167. The van der Waals surface area contributed by atoms with Crippen molar-refractivity contribution in [2.75, 3.05) is 6.61 Å². The standard InChI is InChI=1S/C10H11ClN2O2/c1-4-15-9(14)8-7(6(2)3)5-12-10(11)13-8/h5H,2,4H2,1,3H3. The zero-order chi connectivity index (χ0) is 11.4. The summed E-state index contributed by atoms with van der Waals surface area (Å²) in [5.74, 6) is -0.514. The average molecular weight is 227 g/mol. The van der Waals surface area contributed by atoms with E-state index in [4.69, 9.17) is 16.3 Å². The summed E-state index contributed by atoms with van der Waals surface area (Å²) in [6, 6.07) is 0. The minimum Gasteiger partial charge on any atom is -0.461 e. The Balaban J connectivity index is 3.18. The van der Waals surface area contributed by atoms with Crippen molar-refractivity contribution in [3.05, 3.63) is 29.3 Å². The summed E-state index contributed by atoms with van der Waals surface area (Å²) in [6.45, 7) is 7.50. The molecule has 0 saturated heterocycles. The van der Waals surface area contributed by atoms with Gasteiger partial charge in [0.15, 0.2) is 5.69 Å². The molecule has 0 atom stereocenters. The molecule has 0 aliphatic carbocycles. The van der Waals surface area contributed by atoms with Crippen molar-refractivity contribution in [2.24, 2.45) is 0 Å². The summed E-state index contributed by atoms with van der Waals surface area (Å²) in [6.07, 6.45) is 1.46. The highest BCUT2D eigenvalue weighted by atomic mass is 35.5. The summed E-state index contributed by atoms with van der Waals surface area (Å²) in [5.41, 5.74) is 1.40. The minimum atomic E-state index is -0.514. The van der Waals surface area contributed by atoms with Gasteiger partial charge in [0.2, 0.25) is 5.28 Å². The molecule has 0 unspecified atom stereocenters. The van der Waals surface area contributed by atoms with Crippen LogP contribution in [0, 0.1) is 0 Å². The van der Waals surface area contributed by atoms with E-state index in [9.17, 15) is 4.79 Å². The molecule has 0 bridgehead atoms. The van der Waals surface area contributed by atoms with Crippen molar-refractivity contribution in [3.63, 3.8) is 0 Å². The second-order valence-electron chi connectivity index (χ2n) is 2.90. The zero-order valence-corrected chi connectivity index (χ0v) is 9.34. The van der Waals surface area contributed by atoms with Crippen LogP contribution in [0.25, 0.3) is 5.57 Å². The maximum atomic E-state index is 11.5. The Labute approximate surface area is 92.9 Å². The quantitative estimate of drug-likeness (QED) is 0.586. The molecule has 15 heavy (non-hydrogen) atoms. The van der Waals surface area contributed by atoms with E-state index in [1.807, 2.05) is 0 Å². The van der Waals surface area contributed by atoms with Gasteiger partial charge in [0.25, 0.3) is 0 Å². The largest absolute Gasteiger partial charge is 0.461 e. The van der Waals surface area contributed by atoms with Gasteiger partial charge >= 0.3 is 5.97 Å². The second kappa shape index (κ2) is 4.89. The third-order valence-electron chi connectivity index (χ3n) is 1.69. The van der Waals surface area contributed by atoms with Gasteiger partial charge < -0.3 is 4.74 Å². The Morgan fingerprint density at radius 1 is 1.67 bits per heavy atom. The first-order valence-corrected chi connectivity index (χ1v) is 4.79. The zero-order valence-electron chi connectivity index (χ0n) is 8.58. The molecular weight excluding hydrogens is 216 g/mol. The van der Waals surface area contributed by atoms with E-state index in [2.05, 4.69) is 16.5 Å². The molecule has 0 amide bonds. The van der Waals surface area contributed by atoms with Crippen LogP contribution in [0.2, 0.25) is 5.28 Å². The summed E-state index contributed by atoms with van der Waals surface area (Å²) in [7, 11) is 0. The van der Waals surface area contributed by atoms with Crippen LogP contribution in [0.4, 0.5) is 0 Å². The smallest absolute Gasteiger partial charge is 0.357 e. The van der Waals surface area contributed by atoms with Crippen LogP contribution in [-0.4, -0.2) is 22.5 Å². The fourth-order valence-corrected chi connectivity index (χ4v) is 1.16. The Bertz CT molecular complexity index is 404. The molecule has 0 aromatic carbocycles. The topological polar surface area (TPSA) is 52.1 Å². The van der Waals surface area contributed by atoms with Gasteiger partial charge in [0.1, 0.15) is 0 Å². The number of aromatic nitrogens is 2. The Morgan fingerprint density at radius 3 is 2.87 bits per heavy atom. The lowest BCUT2D eigenvalue weighted by Crippen LogP contribution is -2.10. The molecule has 80 valence electrons. The molecule has 1 aromatic rings. The SMILES string of the molecule is C=C(C)c1cnc(Cl)nc1C(=O)OCC. The Hall–Kier alpha value is -1.42. The van der Waals surface area contributed by atoms with E-state index in [0.29, 0.717) is 11.1 Å². The average Bonchev–Trinajstić information content (AvgIpc) is 2.17. The predicted octanol–water partition coefficient (Wildman–Crippen LogP) is 2.34. The van der Waals surface area contributed by atoms with E-state index >= 15 is 0 Å². The van der Waals surface area contributed by atoms with Crippen LogP contribution in [0.15, 0.2) is 12.8 Å². The van der Waals surface area contributed by atoms with Crippen molar-refractivity contribution in [3.8, 4) is 0 Å². The summed E-state index contributed by atoms with van der Waals surface area (Å²) in [5, 5.41) is 0.0167. The highest BCUT2D eigenvalue weighted by molar-refractivity contribution is 6.28. The van der Waals surface area contributed by atoms with E-state index in [0.717, 1.165) is 0 Å². The van der Waals surface area contributed by atoms with Crippen LogP contribution in [0.1, 0.15) is 29.9 Å². The molecule has 4 nitrogen and oxygen atoms in total. The molecule has 0 aliphatic heterocycles. The van der Waals surface area contributed by atoms with Gasteiger partial charge in [-0.2, -0.15) is 0 Å². The molecule has 5 heteroatoms. The first kappa shape index (κ1) is 11.7. The van der Waals surface area contributed by atoms with Crippen LogP contribution in [0.3, 0.4) is 0 Å². The number of hydrogen-bond acceptors (Lipinski definition) is 4. The van der Waals surface area contributed by atoms with Crippen molar-refractivity contribution in [1.29, 1.82) is 0 Å². The Morgan fingerprint density at radius 2 is 2.33 bits per heavy atom. The van der Waals surface area contributed by atoms with Crippen molar-refractivity contribution in [2.45, 2.75) is 13.8 Å². The summed E-state index contributed by atoms with van der Waals surface area (Å²) < 4.78 is 4.84. The molecule has 0 radical (unpaired) electrons. The summed E-state index contributed by atoms with van der Waals surface area (Å²) >= 11 is 5.61. The van der Waals surface area contributed by atoms with Gasteiger partial charge in [0.05, 0.1) is 6.61 Å². The van der Waals surface area contributed by atoms with Crippen molar-refractivity contribution < 1.29 is 9.53 Å². The normalized spacial score (nSPS) is 9.80. The number of hydrogen-bond donors (Lipinski definition) is 0. The number of halogens is 1. The van der Waals surface area contributed by atoms with Gasteiger partial charge in [-0.25, -0.2) is 14.8 Å². The van der Waals surface area contributed by atoms with Crippen molar-refractivity contribution >= 4 is 23.1 Å². The number of nitrogens with zero attached hydrogens (tertiary/aromatic N) is 2. The van der Waals surface area contributed by atoms with E-state index < -0.39 is 5.97 Å². The Kier molecular flexibility index (Phi) is 3.80. The third kappa shape index (κ3) is 2.76. The van der Waals surface area contributed by atoms with Gasteiger partial charge in [-0.05, 0) is 31.0 Å². The second-order valence-corrected chi connectivity index (χ2v) is 3.24. The fourth-order valence-electron chi connectivity index (χ4n) is 1.03. The maximum Gasteiger partial charge on any atom is 0.357 e. The number of carbonyl (C=O) groups is 1. The fraction of sp³-hybridized carbons (Fsp3) is 0.300. The lowest BCUT2D eigenvalue weighted by molar-refractivity contribution is 0.0519. The van der Waals surface area contributed by atoms with Crippen LogP contribution >= 0.6 is 11.6 Å². The van der Waals surface area contributed by atoms with Gasteiger partial charge in [-0.1, -0.05) is 6.58 Å². The first-order chi connectivity index (χ1) is 7.06. The van der Waals surface area contributed by atoms with E-state index in [1.54, 1.807) is 13.8 Å². The molecule has 0 fully saturated rings. The molecule has 1 heterocycles. The highest BCUT2D eigenvalue weighted by Gasteiger charge is 2.16. The molecule has 0 spiro atoms. The maximum absolute atomic E-state index is 11.5. The van der Waals surface area contributed by atoms with Crippen LogP contribution in [0.5, 0.6) is 0 Å². The lowest BCUT2D eigenvalue weighted by Gasteiger charge is -2.06. The van der Waals surface area contributed by atoms with Gasteiger partial charge in [-0.3, -0.25) is 0 Å². The van der Waals surface area contributed by atoms with Crippen LogP contribution in [-0.2, 0) is 4.74 Å². The van der Waals surface area contributed by atoms with Gasteiger partial charge in [-0.15, -0.1) is 0 Å². The molecule has 1 rings (SSSR count). The monoisotopic (exact) mass is 226 g/mol. The number of carbonyl (C=O) groups excluding carboxylic acids is 1. The molecular formula is C10H11ClN2O2. The van der Waals surface area contributed by atoms with Crippen LogP contribution < -0.4 is 0 Å². The first-order valence-electron chi connectivity index (χ1n) is 4.41. The number of allylic oxidation sites excluding steroid dienone is 1. The molecule has 0 saturated carbocycles. The van der Waals surface area contributed by atoms with Gasteiger partial charge in [0, 0.05) is 11.8 Å². The molecule has 0 aliphatic rings. The van der Waals surface area contributed by atoms with E-state index in [-0.39, 0.29) is 17.6 Å². The predicted molar refractivity (Wildman–Crippen MR) is 57.7 cm³/mol. The lowest BCUT2D eigenvalue weighted by atomic mass is 10.1. The third-order valence-corrected chi connectivity index (χ3v) is 1.87. The number of rotatable bonds is 3. The number of ether oxygens (including phenoxy) is 1. The molecule has 0 N–H and O–H groups in total. The van der Waals surface area contributed by atoms with Crippen molar-refractivity contribution in [1.82, 2.24) is 9.97 Å². The highest BCUT2D eigenvalue weighted by Crippen LogP contribution is 2.17. The number of esters is 1. The summed E-state index contributed by atoms with van der Waals surface area (Å²) in [4.78, 5) is 19.1. The molecule has 1 aromatic heterocycles.